The minimum Gasteiger partial charge on any atom is -0.199 e. The summed E-state index contributed by atoms with van der Waals surface area (Å²) in [6.45, 7) is 0. The van der Waals surface area contributed by atoms with Crippen LogP contribution in [0, 0.1) is 0 Å². The number of allylic oxidation sites excluding steroid dienone is 2. The van der Waals surface area contributed by atoms with Gasteiger partial charge in [0.25, 0.3) is 20.0 Å². The summed E-state index contributed by atoms with van der Waals surface area (Å²) in [5.74, 6) is 0. The molecule has 3 rings (SSSR count). The van der Waals surface area contributed by atoms with Gasteiger partial charge in [0.1, 0.15) is 0 Å². The highest BCUT2D eigenvalue weighted by molar-refractivity contribution is 9.15. The Morgan fingerprint density at radius 2 is 0.906 bits per heavy atom. The first-order chi connectivity index (χ1) is 14.8. The molecule has 0 saturated carbocycles. The molecule has 0 N–H and O–H groups in total. The van der Waals surface area contributed by atoms with Crippen LogP contribution in [-0.4, -0.2) is 37.9 Å². The van der Waals surface area contributed by atoms with Crippen molar-refractivity contribution in [2.75, 3.05) is 0 Å². The highest BCUT2D eigenvalue weighted by Crippen LogP contribution is 2.38. The van der Waals surface area contributed by atoms with E-state index in [1.807, 2.05) is 0 Å². The molecule has 14 heteroatoms. The first-order valence-electron chi connectivity index (χ1n) is 8.38. The van der Waals surface area contributed by atoms with E-state index in [4.69, 9.17) is 23.2 Å². The molecule has 0 bridgehead atoms. The lowest BCUT2D eigenvalue weighted by Crippen LogP contribution is -2.37. The Kier molecular flexibility index (Phi) is 8.51. The largest absolute Gasteiger partial charge is 0.282 e. The number of benzene rings is 2. The Morgan fingerprint density at radius 1 is 0.625 bits per heavy atom. The van der Waals surface area contributed by atoms with E-state index in [9.17, 15) is 16.8 Å². The van der Waals surface area contributed by atoms with Gasteiger partial charge in [0.15, 0.2) is 0 Å². The molecule has 1 aliphatic carbocycles. The first-order valence-corrected chi connectivity index (χ1v) is 15.4. The predicted octanol–water partition coefficient (Wildman–Crippen LogP) is 6.50. The quantitative estimate of drug-likeness (QED) is 0.332. The van der Waals surface area contributed by atoms with Crippen molar-refractivity contribution < 1.29 is 16.8 Å². The molecule has 0 amide bonds. The van der Waals surface area contributed by atoms with Crippen LogP contribution in [0.2, 0.25) is 10.0 Å². The maximum atomic E-state index is 12.8. The number of nitrogens with zero attached hydrogens (tertiary/aromatic N) is 2. The van der Waals surface area contributed by atoms with Crippen LogP contribution >= 0.6 is 86.9 Å². The van der Waals surface area contributed by atoms with Crippen LogP contribution < -0.4 is 0 Å². The van der Waals surface area contributed by atoms with Gasteiger partial charge in [-0.05, 0) is 80.4 Å². The molecule has 0 aliphatic heterocycles. The third-order valence-corrected chi connectivity index (χ3v) is 12.0. The van der Waals surface area contributed by atoms with Crippen molar-refractivity contribution in [2.45, 2.75) is 19.4 Å². The Morgan fingerprint density at radius 3 is 1.19 bits per heavy atom. The summed E-state index contributed by atoms with van der Waals surface area (Å²) in [7, 11) is -8.13. The van der Waals surface area contributed by atoms with Gasteiger partial charge in [-0.1, -0.05) is 55.1 Å². The van der Waals surface area contributed by atoms with E-state index in [0.717, 1.165) is 0 Å². The summed E-state index contributed by atoms with van der Waals surface area (Å²) in [6, 6.07) is 11.2. The van der Waals surface area contributed by atoms with Crippen LogP contribution in [0.1, 0.15) is 0 Å². The summed E-state index contributed by atoms with van der Waals surface area (Å²) in [4.78, 5) is -1.53. The van der Waals surface area contributed by atoms with Crippen LogP contribution in [0.25, 0.3) is 0 Å². The zero-order valence-electron chi connectivity index (χ0n) is 15.4. The fraction of sp³-hybridized carbons (Fsp3) is 0.111. The molecule has 0 heterocycles. The highest BCUT2D eigenvalue weighted by Gasteiger charge is 2.38. The van der Waals surface area contributed by atoms with Crippen molar-refractivity contribution in [2.24, 2.45) is 8.80 Å². The van der Waals surface area contributed by atoms with Gasteiger partial charge in [0.05, 0.1) is 39.8 Å². The number of halogens is 6. The van der Waals surface area contributed by atoms with Crippen molar-refractivity contribution >= 4 is 118 Å². The fourth-order valence-corrected chi connectivity index (χ4v) is 8.21. The number of hydrogen-bond donors (Lipinski definition) is 0. The predicted molar refractivity (Wildman–Crippen MR) is 142 cm³/mol. The van der Waals surface area contributed by atoms with Gasteiger partial charge in [-0.3, -0.25) is 0 Å². The van der Waals surface area contributed by atoms with Crippen molar-refractivity contribution in [3.63, 3.8) is 0 Å². The molecule has 2 aromatic carbocycles. The third-order valence-electron chi connectivity index (χ3n) is 4.08. The molecule has 0 spiro atoms. The van der Waals surface area contributed by atoms with Crippen LogP contribution in [0.4, 0.5) is 0 Å². The molecule has 2 unspecified atom stereocenters. The topological polar surface area (TPSA) is 93.0 Å². The van der Waals surface area contributed by atoms with E-state index in [-0.39, 0.29) is 30.2 Å². The standard InChI is InChI=1S/C18H10Br4Cl2N2O4S2/c19-13-15(21)18(26-32(29,30)12-7-3-10(24)4-8-12)16(22)14(20)17(13)25-31(27,28)11-5-1-9(23)2-6-11/h1-8,13,15H/b25-17-,26-18-. The van der Waals surface area contributed by atoms with Crippen molar-refractivity contribution in [1.82, 2.24) is 0 Å². The number of sulfonamides is 2. The van der Waals surface area contributed by atoms with Gasteiger partial charge in [0, 0.05) is 10.0 Å². The highest BCUT2D eigenvalue weighted by atomic mass is 79.9. The van der Waals surface area contributed by atoms with Crippen LogP contribution in [0.3, 0.4) is 0 Å². The Hall–Kier alpha value is -0.0800. The van der Waals surface area contributed by atoms with Gasteiger partial charge >= 0.3 is 0 Å². The fourth-order valence-electron chi connectivity index (χ4n) is 2.50. The molecule has 2 atom stereocenters. The number of rotatable bonds is 4. The lowest BCUT2D eigenvalue weighted by Gasteiger charge is -2.26. The molecule has 0 radical (unpaired) electrons. The van der Waals surface area contributed by atoms with E-state index in [1.54, 1.807) is 0 Å². The Labute approximate surface area is 228 Å². The average molecular weight is 773 g/mol. The molecule has 170 valence electrons. The zero-order valence-corrected chi connectivity index (χ0v) is 24.9. The molecular formula is C18H10Br4Cl2N2O4S2. The average Bonchev–Trinajstić information content (AvgIpc) is 2.73. The van der Waals surface area contributed by atoms with Crippen LogP contribution in [0.15, 0.2) is 76.1 Å². The lowest BCUT2D eigenvalue weighted by molar-refractivity contribution is 0.596. The maximum absolute atomic E-state index is 12.8. The van der Waals surface area contributed by atoms with E-state index < -0.39 is 29.7 Å². The molecule has 6 nitrogen and oxygen atoms in total. The molecule has 1 aliphatic rings. The molecule has 2 aromatic rings. The zero-order chi connectivity index (χ0) is 23.8. The van der Waals surface area contributed by atoms with Gasteiger partial charge in [0.2, 0.25) is 0 Å². The number of alkyl halides is 2. The minimum absolute atomic E-state index is 0.0403. The summed E-state index contributed by atoms with van der Waals surface area (Å²) in [5, 5.41) is 0.777. The summed E-state index contributed by atoms with van der Waals surface area (Å²) < 4.78 is 59.5. The van der Waals surface area contributed by atoms with Gasteiger partial charge in [-0.25, -0.2) is 0 Å². The molecular weight excluding hydrogens is 763 g/mol. The van der Waals surface area contributed by atoms with E-state index in [1.165, 1.54) is 48.5 Å². The minimum atomic E-state index is -4.07. The van der Waals surface area contributed by atoms with Crippen molar-refractivity contribution in [1.29, 1.82) is 0 Å². The van der Waals surface area contributed by atoms with E-state index >= 15 is 0 Å². The monoisotopic (exact) mass is 768 g/mol. The van der Waals surface area contributed by atoms with Gasteiger partial charge in [-0.2, -0.15) is 25.6 Å². The molecule has 0 fully saturated rings. The molecule has 32 heavy (non-hydrogen) atoms. The molecule has 0 saturated heterocycles. The van der Waals surface area contributed by atoms with E-state index in [0.29, 0.717) is 10.0 Å². The Balaban J connectivity index is 2.09. The van der Waals surface area contributed by atoms with Gasteiger partial charge < -0.3 is 0 Å². The number of hydrogen-bond acceptors (Lipinski definition) is 4. The normalized spacial score (nSPS) is 22.6. The molecule has 0 aromatic heterocycles. The third kappa shape index (κ3) is 5.76. The van der Waals surface area contributed by atoms with E-state index in [2.05, 4.69) is 72.5 Å². The Bertz CT molecular complexity index is 1250. The lowest BCUT2D eigenvalue weighted by atomic mass is 10.0. The second kappa shape index (κ2) is 10.3. The van der Waals surface area contributed by atoms with Gasteiger partial charge in [-0.15, -0.1) is 0 Å². The van der Waals surface area contributed by atoms with Crippen molar-refractivity contribution in [3.05, 3.63) is 67.5 Å². The summed E-state index contributed by atoms with van der Waals surface area (Å²) in [6.07, 6.45) is 0. The van der Waals surface area contributed by atoms with Crippen LogP contribution in [0.5, 0.6) is 0 Å². The second-order valence-corrected chi connectivity index (χ2v) is 13.9. The van der Waals surface area contributed by atoms with Crippen LogP contribution in [-0.2, 0) is 20.0 Å². The maximum Gasteiger partial charge on any atom is 0.282 e. The second-order valence-electron chi connectivity index (χ2n) is 6.24. The summed E-state index contributed by atoms with van der Waals surface area (Å²) in [5.41, 5.74) is 0.244. The van der Waals surface area contributed by atoms with Crippen molar-refractivity contribution in [3.8, 4) is 0 Å². The first kappa shape index (κ1) is 26.5. The smallest absolute Gasteiger partial charge is 0.199 e. The SMILES string of the molecule is O=S(=O)(/N=C1C(Br)=C(Br)/C(=N\S(=O)(=O)c2ccc(Cl)cc2)C(Br)C\1Br)c1ccc(Cl)cc1. The summed E-state index contributed by atoms with van der Waals surface area (Å²) >= 11 is 25.1.